The molecule has 2 aromatic carbocycles. The van der Waals surface area contributed by atoms with Crippen LogP contribution in [0.5, 0.6) is 0 Å². The summed E-state index contributed by atoms with van der Waals surface area (Å²) >= 11 is 0. The number of Topliss-reactive ketones (excluding diaryl/α,β-unsaturated/α-hetero) is 1. The highest BCUT2D eigenvalue weighted by molar-refractivity contribution is 6.04. The molecule has 1 aliphatic heterocycles. The third-order valence-electron chi connectivity index (χ3n) is 9.78. The molecule has 0 aromatic heterocycles. The third-order valence-corrected chi connectivity index (χ3v) is 9.78. The van der Waals surface area contributed by atoms with Crippen molar-refractivity contribution in [2.75, 3.05) is 5.32 Å². The molecule has 1 N–H and O–H groups in total. The largest absolute Gasteiger partial charge is 0.358 e. The summed E-state index contributed by atoms with van der Waals surface area (Å²) in [4.78, 5) is 13.6. The molecule has 1 heterocycles. The number of hydrogen-bond donors (Lipinski definition) is 1. The maximum absolute atomic E-state index is 13.6. The number of fused-ring (bicyclic) bond motifs is 5. The van der Waals surface area contributed by atoms with Gasteiger partial charge in [-0.05, 0) is 70.2 Å². The average Bonchev–Trinajstić information content (AvgIpc) is 3.05. The van der Waals surface area contributed by atoms with E-state index in [0.29, 0.717) is 17.6 Å². The van der Waals surface area contributed by atoms with Gasteiger partial charge in [0, 0.05) is 29.3 Å². The summed E-state index contributed by atoms with van der Waals surface area (Å²) in [6.07, 6.45) is 7.92. The van der Waals surface area contributed by atoms with Gasteiger partial charge in [0.25, 0.3) is 0 Å². The molecule has 2 nitrogen and oxygen atoms in total. The van der Waals surface area contributed by atoms with Crippen molar-refractivity contribution < 1.29 is 4.79 Å². The molecule has 2 aromatic rings. The second-order valence-electron chi connectivity index (χ2n) is 12.4. The molecule has 2 saturated carbocycles. The standard InChI is InChI=1S/C30H35NO/c1-28(2)16-24-27(25(32)17-28)22(15-20-14-19-12-13-30(20,5)29(19,3)4)26-21-9-7-6-8-18(21)10-11-23(26)31-24/h6-11,15,19,22,31H,12-14,16-17H2,1-5H3. The normalized spacial score (nSPS) is 33.4. The Kier molecular flexibility index (Phi) is 4.03. The van der Waals surface area contributed by atoms with Crippen LogP contribution in [0.25, 0.3) is 10.8 Å². The van der Waals surface area contributed by atoms with Gasteiger partial charge < -0.3 is 5.32 Å². The highest BCUT2D eigenvalue weighted by atomic mass is 16.1. The fourth-order valence-corrected chi connectivity index (χ4v) is 7.49. The van der Waals surface area contributed by atoms with E-state index in [0.717, 1.165) is 23.6 Å². The SMILES string of the molecule is CC1(C)CC(=O)C2=C(C1)Nc1ccc3ccccc3c1C2C=C1CC2CCC1(C)C2(C)C. The van der Waals surface area contributed by atoms with Gasteiger partial charge >= 0.3 is 0 Å². The van der Waals surface area contributed by atoms with Crippen molar-refractivity contribution in [2.24, 2.45) is 22.2 Å². The predicted molar refractivity (Wildman–Crippen MR) is 133 cm³/mol. The average molecular weight is 426 g/mol. The van der Waals surface area contributed by atoms with E-state index in [4.69, 9.17) is 0 Å². The second-order valence-corrected chi connectivity index (χ2v) is 12.4. The Morgan fingerprint density at radius 2 is 1.78 bits per heavy atom. The molecule has 3 atom stereocenters. The van der Waals surface area contributed by atoms with Crippen LogP contribution in [-0.2, 0) is 4.79 Å². The first-order valence-corrected chi connectivity index (χ1v) is 12.4. The van der Waals surface area contributed by atoms with Gasteiger partial charge in [0.1, 0.15) is 0 Å². The van der Waals surface area contributed by atoms with Crippen molar-refractivity contribution in [1.29, 1.82) is 0 Å². The molecular weight excluding hydrogens is 390 g/mol. The van der Waals surface area contributed by atoms with Crippen LogP contribution in [-0.4, -0.2) is 5.78 Å². The smallest absolute Gasteiger partial charge is 0.162 e. The number of hydrogen-bond acceptors (Lipinski definition) is 2. The molecule has 4 aliphatic rings. The summed E-state index contributed by atoms with van der Waals surface area (Å²) in [6.45, 7) is 11.9. The minimum absolute atomic E-state index is 0.00928. The van der Waals surface area contributed by atoms with E-state index in [1.165, 1.54) is 41.3 Å². The first-order chi connectivity index (χ1) is 15.1. The van der Waals surface area contributed by atoms with Gasteiger partial charge in [-0.1, -0.05) is 76.6 Å². The quantitative estimate of drug-likeness (QED) is 0.473. The second kappa shape index (κ2) is 6.37. The maximum atomic E-state index is 13.6. The Bertz CT molecular complexity index is 1230. The van der Waals surface area contributed by atoms with Gasteiger partial charge in [0.2, 0.25) is 0 Å². The van der Waals surface area contributed by atoms with Crippen LogP contribution in [0.1, 0.15) is 78.2 Å². The van der Waals surface area contributed by atoms with Crippen molar-refractivity contribution in [3.8, 4) is 0 Å². The molecule has 32 heavy (non-hydrogen) atoms. The van der Waals surface area contributed by atoms with Gasteiger partial charge in [-0.3, -0.25) is 4.79 Å². The molecule has 2 heteroatoms. The van der Waals surface area contributed by atoms with E-state index in [1.54, 1.807) is 5.57 Å². The highest BCUT2D eigenvalue weighted by Gasteiger charge is 2.58. The van der Waals surface area contributed by atoms with Gasteiger partial charge in [-0.15, -0.1) is 0 Å². The molecule has 2 fully saturated rings. The lowest BCUT2D eigenvalue weighted by molar-refractivity contribution is -0.118. The fourth-order valence-electron chi connectivity index (χ4n) is 7.49. The Labute approximate surface area is 192 Å². The zero-order chi connectivity index (χ0) is 22.5. The summed E-state index contributed by atoms with van der Waals surface area (Å²) in [5, 5.41) is 6.25. The van der Waals surface area contributed by atoms with Crippen LogP contribution in [0.3, 0.4) is 0 Å². The van der Waals surface area contributed by atoms with E-state index in [1.807, 2.05) is 0 Å². The molecule has 0 saturated heterocycles. The zero-order valence-electron chi connectivity index (χ0n) is 20.1. The lowest BCUT2D eigenvalue weighted by Crippen LogP contribution is -2.33. The van der Waals surface area contributed by atoms with E-state index in [-0.39, 0.29) is 16.7 Å². The van der Waals surface area contributed by atoms with Crippen molar-refractivity contribution in [1.82, 2.24) is 0 Å². The van der Waals surface area contributed by atoms with Gasteiger partial charge in [-0.2, -0.15) is 0 Å². The number of nitrogens with one attached hydrogen (secondary N) is 1. The van der Waals surface area contributed by atoms with Crippen molar-refractivity contribution in [3.05, 3.63) is 64.9 Å². The van der Waals surface area contributed by atoms with Crippen LogP contribution >= 0.6 is 0 Å². The molecular formula is C30H35NO. The summed E-state index contributed by atoms with van der Waals surface area (Å²) in [5.74, 6) is 1.15. The van der Waals surface area contributed by atoms with Crippen molar-refractivity contribution >= 4 is 22.2 Å². The maximum Gasteiger partial charge on any atom is 0.162 e. The highest BCUT2D eigenvalue weighted by Crippen LogP contribution is 2.68. The minimum atomic E-state index is 0.00928. The van der Waals surface area contributed by atoms with Crippen LogP contribution in [0, 0.1) is 22.2 Å². The molecule has 2 bridgehead atoms. The van der Waals surface area contributed by atoms with Crippen LogP contribution in [0.15, 0.2) is 59.3 Å². The topological polar surface area (TPSA) is 29.1 Å². The molecule has 3 aliphatic carbocycles. The van der Waals surface area contributed by atoms with Crippen molar-refractivity contribution in [3.63, 3.8) is 0 Å². The first kappa shape index (κ1) is 20.3. The van der Waals surface area contributed by atoms with E-state index >= 15 is 0 Å². The fraction of sp³-hybridized carbons (Fsp3) is 0.500. The molecule has 0 radical (unpaired) electrons. The Morgan fingerprint density at radius 1 is 1.00 bits per heavy atom. The number of benzene rings is 2. The molecule has 6 rings (SSSR count). The van der Waals surface area contributed by atoms with Gasteiger partial charge in [0.05, 0.1) is 0 Å². The molecule has 0 spiro atoms. The Balaban J connectivity index is 1.59. The molecule has 0 amide bonds. The lowest BCUT2D eigenvalue weighted by Gasteiger charge is -2.40. The minimum Gasteiger partial charge on any atom is -0.358 e. The van der Waals surface area contributed by atoms with E-state index in [9.17, 15) is 4.79 Å². The number of allylic oxidation sites excluding steroid dienone is 4. The Morgan fingerprint density at radius 3 is 2.50 bits per heavy atom. The third kappa shape index (κ3) is 2.62. The van der Waals surface area contributed by atoms with Gasteiger partial charge in [0.15, 0.2) is 5.78 Å². The number of rotatable bonds is 1. The summed E-state index contributed by atoms with van der Waals surface area (Å²) in [5.41, 5.74) is 6.85. The van der Waals surface area contributed by atoms with Crippen molar-refractivity contribution in [2.45, 2.75) is 72.6 Å². The first-order valence-electron chi connectivity index (χ1n) is 12.4. The number of carbonyl (C=O) groups is 1. The van der Waals surface area contributed by atoms with E-state index < -0.39 is 0 Å². The monoisotopic (exact) mass is 425 g/mol. The molecule has 3 unspecified atom stereocenters. The number of anilines is 1. The number of carbonyl (C=O) groups excluding carboxylic acids is 1. The lowest BCUT2D eigenvalue weighted by atomic mass is 9.66. The number of ketones is 1. The van der Waals surface area contributed by atoms with Crippen LogP contribution in [0.2, 0.25) is 0 Å². The molecule has 166 valence electrons. The van der Waals surface area contributed by atoms with Crippen LogP contribution in [0.4, 0.5) is 5.69 Å². The van der Waals surface area contributed by atoms with Crippen LogP contribution < -0.4 is 5.32 Å². The summed E-state index contributed by atoms with van der Waals surface area (Å²) in [6, 6.07) is 13.1. The summed E-state index contributed by atoms with van der Waals surface area (Å²) in [7, 11) is 0. The van der Waals surface area contributed by atoms with Gasteiger partial charge in [-0.25, -0.2) is 0 Å². The summed E-state index contributed by atoms with van der Waals surface area (Å²) < 4.78 is 0. The zero-order valence-corrected chi connectivity index (χ0v) is 20.1. The predicted octanol–water partition coefficient (Wildman–Crippen LogP) is 7.76. The Hall–Kier alpha value is -2.35. The van der Waals surface area contributed by atoms with E-state index in [2.05, 4.69) is 82.4 Å².